The topological polar surface area (TPSA) is 57.7 Å². The first-order chi connectivity index (χ1) is 13.1. The molecule has 1 saturated heterocycles. The van der Waals surface area contributed by atoms with Gasteiger partial charge in [-0.1, -0.05) is 48.6 Å². The fourth-order valence-corrected chi connectivity index (χ4v) is 4.27. The van der Waals surface area contributed by atoms with Gasteiger partial charge in [-0.25, -0.2) is 0 Å². The Morgan fingerprint density at radius 3 is 2.26 bits per heavy atom. The van der Waals surface area contributed by atoms with E-state index in [4.69, 9.17) is 0 Å². The van der Waals surface area contributed by atoms with Crippen LogP contribution in [0.4, 0.5) is 0 Å². The summed E-state index contributed by atoms with van der Waals surface area (Å²) in [7, 11) is 0. The van der Waals surface area contributed by atoms with Crippen LogP contribution >= 0.6 is 0 Å². The number of likely N-dealkylation sites (tertiary alicyclic amines) is 1. The Hall–Kier alpha value is -2.69. The predicted molar refractivity (Wildman–Crippen MR) is 102 cm³/mol. The quantitative estimate of drug-likeness (QED) is 0.610. The second kappa shape index (κ2) is 7.51. The highest BCUT2D eigenvalue weighted by molar-refractivity contribution is 6.05. The number of hydrogen-bond acceptors (Lipinski definition) is 3. The van der Waals surface area contributed by atoms with Gasteiger partial charge in [0.05, 0.1) is 11.8 Å². The molecule has 1 aromatic carbocycles. The monoisotopic (exact) mass is 364 g/mol. The van der Waals surface area contributed by atoms with Crippen molar-refractivity contribution in [2.45, 2.75) is 25.7 Å². The molecule has 4 rings (SSSR count). The summed E-state index contributed by atoms with van der Waals surface area (Å²) in [6.07, 6.45) is 8.36. The minimum absolute atomic E-state index is 0.00644. The first kappa shape index (κ1) is 17.7. The van der Waals surface area contributed by atoms with Gasteiger partial charge >= 0.3 is 0 Å². The Labute approximate surface area is 159 Å². The Morgan fingerprint density at radius 2 is 1.67 bits per heavy atom. The van der Waals surface area contributed by atoms with Gasteiger partial charge in [0.1, 0.15) is 0 Å². The second-order valence-corrected chi connectivity index (χ2v) is 7.42. The summed E-state index contributed by atoms with van der Waals surface area (Å²) in [5.74, 6) is -0.640. The molecule has 2 atom stereocenters. The maximum absolute atomic E-state index is 12.6. The Balaban J connectivity index is 1.32. The van der Waals surface area contributed by atoms with E-state index in [0.29, 0.717) is 25.9 Å². The summed E-state index contributed by atoms with van der Waals surface area (Å²) in [5, 5.41) is 0. The minimum atomic E-state index is -0.219. The van der Waals surface area contributed by atoms with Gasteiger partial charge in [-0.15, -0.1) is 0 Å². The normalized spacial score (nSPS) is 24.8. The largest absolute Gasteiger partial charge is 0.339 e. The molecule has 140 valence electrons. The van der Waals surface area contributed by atoms with Gasteiger partial charge in [0, 0.05) is 26.1 Å². The second-order valence-electron chi connectivity index (χ2n) is 7.42. The predicted octanol–water partition coefficient (Wildman–Crippen LogP) is 2.64. The van der Waals surface area contributed by atoms with Gasteiger partial charge in [-0.2, -0.15) is 0 Å². The van der Waals surface area contributed by atoms with Crippen molar-refractivity contribution in [3.63, 3.8) is 0 Å². The van der Waals surface area contributed by atoms with Crippen molar-refractivity contribution in [3.8, 4) is 0 Å². The third kappa shape index (κ3) is 3.46. The molecule has 5 nitrogen and oxygen atoms in total. The molecule has 2 heterocycles. The highest BCUT2D eigenvalue weighted by Gasteiger charge is 2.47. The van der Waals surface area contributed by atoms with Crippen molar-refractivity contribution < 1.29 is 14.4 Å². The van der Waals surface area contributed by atoms with Crippen LogP contribution in [0.5, 0.6) is 0 Å². The molecule has 0 radical (unpaired) electrons. The average molecular weight is 364 g/mol. The van der Waals surface area contributed by atoms with Crippen LogP contribution in [0.3, 0.4) is 0 Å². The molecule has 2 aliphatic heterocycles. The SMILES string of the molecule is O=C(CCN1C(=O)[C@H]2CC=CC[C@@H]2C1=O)N1CC=C(c2ccccc2)CC1. The van der Waals surface area contributed by atoms with Crippen molar-refractivity contribution in [3.05, 3.63) is 54.1 Å². The standard InChI is InChI=1S/C22H24N2O3/c25-20(23-13-10-17(11-14-23)16-6-2-1-3-7-16)12-15-24-21(26)18-8-4-5-9-19(18)22(24)27/h1-7,10,18-19H,8-9,11-15H2/t18-,19-/m0/s1. The maximum atomic E-state index is 12.6. The minimum Gasteiger partial charge on any atom is -0.339 e. The third-order valence-electron chi connectivity index (χ3n) is 5.85. The molecule has 5 heteroatoms. The lowest BCUT2D eigenvalue weighted by molar-refractivity contribution is -0.140. The summed E-state index contributed by atoms with van der Waals surface area (Å²) in [6.45, 7) is 1.46. The lowest BCUT2D eigenvalue weighted by atomic mass is 9.85. The van der Waals surface area contributed by atoms with Gasteiger partial charge in [-0.3, -0.25) is 19.3 Å². The number of carbonyl (C=O) groups is 3. The molecule has 3 amide bonds. The molecule has 0 unspecified atom stereocenters. The van der Waals surface area contributed by atoms with Gasteiger partial charge < -0.3 is 4.90 Å². The van der Waals surface area contributed by atoms with Crippen molar-refractivity contribution in [2.24, 2.45) is 11.8 Å². The van der Waals surface area contributed by atoms with E-state index in [9.17, 15) is 14.4 Å². The fraction of sp³-hybridized carbons (Fsp3) is 0.409. The molecule has 1 fully saturated rings. The van der Waals surface area contributed by atoms with Gasteiger partial charge in [0.2, 0.25) is 17.7 Å². The van der Waals surface area contributed by atoms with Crippen LogP contribution in [0.25, 0.3) is 5.57 Å². The number of hydrogen-bond donors (Lipinski definition) is 0. The van der Waals surface area contributed by atoms with E-state index in [1.807, 2.05) is 35.3 Å². The number of nitrogens with zero attached hydrogens (tertiary/aromatic N) is 2. The third-order valence-corrected chi connectivity index (χ3v) is 5.85. The molecule has 0 saturated carbocycles. The van der Waals surface area contributed by atoms with Crippen molar-refractivity contribution in [1.29, 1.82) is 0 Å². The van der Waals surface area contributed by atoms with Crippen LogP contribution in [0.2, 0.25) is 0 Å². The number of allylic oxidation sites excluding steroid dienone is 2. The molecule has 3 aliphatic rings. The molecule has 1 aliphatic carbocycles. The van der Waals surface area contributed by atoms with Crippen molar-refractivity contribution in [1.82, 2.24) is 9.80 Å². The zero-order valence-corrected chi connectivity index (χ0v) is 15.3. The van der Waals surface area contributed by atoms with Crippen LogP contribution in [0.1, 0.15) is 31.2 Å². The zero-order chi connectivity index (χ0) is 18.8. The lowest BCUT2D eigenvalue weighted by Crippen LogP contribution is -2.39. The van der Waals surface area contributed by atoms with E-state index in [2.05, 4.69) is 18.2 Å². The van der Waals surface area contributed by atoms with E-state index >= 15 is 0 Å². The average Bonchev–Trinajstić information content (AvgIpc) is 2.97. The smallest absolute Gasteiger partial charge is 0.233 e. The van der Waals surface area contributed by atoms with Gasteiger partial charge in [0.25, 0.3) is 0 Å². The van der Waals surface area contributed by atoms with Gasteiger partial charge in [-0.05, 0) is 30.4 Å². The van der Waals surface area contributed by atoms with Crippen LogP contribution in [-0.2, 0) is 14.4 Å². The molecule has 0 N–H and O–H groups in total. The molecule has 0 spiro atoms. The Kier molecular flexibility index (Phi) is 4.92. The number of imide groups is 1. The summed E-state index contributed by atoms with van der Waals surface area (Å²) in [6, 6.07) is 10.2. The van der Waals surface area contributed by atoms with Crippen LogP contribution in [-0.4, -0.2) is 47.2 Å². The lowest BCUT2D eigenvalue weighted by Gasteiger charge is -2.27. The van der Waals surface area contributed by atoms with Crippen LogP contribution in [0.15, 0.2) is 48.6 Å². The fourth-order valence-electron chi connectivity index (χ4n) is 4.27. The Morgan fingerprint density at radius 1 is 1.00 bits per heavy atom. The zero-order valence-electron chi connectivity index (χ0n) is 15.3. The summed E-state index contributed by atoms with van der Waals surface area (Å²) < 4.78 is 0. The van der Waals surface area contributed by atoms with E-state index in [0.717, 1.165) is 6.42 Å². The van der Waals surface area contributed by atoms with Gasteiger partial charge in [0.15, 0.2) is 0 Å². The number of rotatable bonds is 4. The number of amides is 3. The van der Waals surface area contributed by atoms with Crippen molar-refractivity contribution in [2.75, 3.05) is 19.6 Å². The van der Waals surface area contributed by atoms with E-state index in [1.54, 1.807) is 0 Å². The first-order valence-electron chi connectivity index (χ1n) is 9.67. The van der Waals surface area contributed by atoms with Crippen LogP contribution in [0, 0.1) is 11.8 Å². The molecular weight excluding hydrogens is 340 g/mol. The maximum Gasteiger partial charge on any atom is 0.233 e. The summed E-state index contributed by atoms with van der Waals surface area (Å²) >= 11 is 0. The van der Waals surface area contributed by atoms with Crippen LogP contribution < -0.4 is 0 Å². The van der Waals surface area contributed by atoms with E-state index in [-0.39, 0.29) is 42.5 Å². The highest BCUT2D eigenvalue weighted by atomic mass is 16.2. The Bertz CT molecular complexity index is 786. The molecule has 0 bridgehead atoms. The number of benzene rings is 1. The molecular formula is C22H24N2O3. The number of fused-ring (bicyclic) bond motifs is 1. The summed E-state index contributed by atoms with van der Waals surface area (Å²) in [4.78, 5) is 40.6. The first-order valence-corrected chi connectivity index (χ1v) is 9.67. The molecule has 0 aromatic heterocycles. The van der Waals surface area contributed by atoms with E-state index < -0.39 is 0 Å². The highest BCUT2D eigenvalue weighted by Crippen LogP contribution is 2.35. The molecule has 27 heavy (non-hydrogen) atoms. The van der Waals surface area contributed by atoms with E-state index in [1.165, 1.54) is 16.0 Å². The molecule has 1 aromatic rings. The summed E-state index contributed by atoms with van der Waals surface area (Å²) in [5.41, 5.74) is 2.47. The number of carbonyl (C=O) groups excluding carboxylic acids is 3. The van der Waals surface area contributed by atoms with Crippen molar-refractivity contribution >= 4 is 23.3 Å².